The fourth-order valence-corrected chi connectivity index (χ4v) is 8.77. The van der Waals surface area contributed by atoms with Gasteiger partial charge in [-0.15, -0.1) is 0 Å². The number of phosphoric acid groups is 1. The molecular weight excluding hydrogens is 1000 g/mol. The van der Waals surface area contributed by atoms with Gasteiger partial charge in [0.25, 0.3) is 0 Å². The molecule has 0 aromatic carbocycles. The van der Waals surface area contributed by atoms with Crippen molar-refractivity contribution in [1.82, 2.24) is 0 Å². The molecule has 0 aromatic heterocycles. The number of aliphatic hydroxyl groups is 1. The van der Waals surface area contributed by atoms with E-state index in [-0.39, 0.29) is 25.9 Å². The highest BCUT2D eigenvalue weighted by molar-refractivity contribution is 7.47. The average molecular weight is 1110 g/mol. The van der Waals surface area contributed by atoms with E-state index in [1.165, 1.54) is 64.2 Å². The molecule has 0 fully saturated rings. The van der Waals surface area contributed by atoms with Crippen LogP contribution >= 0.6 is 7.82 Å². The molecule has 0 saturated carbocycles. The number of esters is 3. The Morgan fingerprint density at radius 2 is 0.679 bits per heavy atom. The van der Waals surface area contributed by atoms with Gasteiger partial charge in [0.1, 0.15) is 12.7 Å². The van der Waals surface area contributed by atoms with Crippen LogP contribution in [-0.2, 0) is 42.2 Å². The van der Waals surface area contributed by atoms with E-state index in [0.29, 0.717) is 25.7 Å². The number of allylic oxidation sites excluding steroid dienone is 18. The zero-order chi connectivity index (χ0) is 56.9. The van der Waals surface area contributed by atoms with E-state index in [0.717, 1.165) is 122 Å². The first-order valence-corrected chi connectivity index (χ1v) is 32.3. The van der Waals surface area contributed by atoms with Crippen LogP contribution in [0, 0.1) is 0 Å². The lowest BCUT2D eigenvalue weighted by Crippen LogP contribution is -2.30. The van der Waals surface area contributed by atoms with Crippen molar-refractivity contribution < 1.29 is 52.2 Å². The van der Waals surface area contributed by atoms with Gasteiger partial charge in [-0.2, -0.15) is 0 Å². The van der Waals surface area contributed by atoms with Crippen LogP contribution in [0.25, 0.3) is 0 Å². The third kappa shape index (κ3) is 56.8. The van der Waals surface area contributed by atoms with Gasteiger partial charge in [-0.1, -0.05) is 220 Å². The molecule has 3 unspecified atom stereocenters. The Hall–Kier alpha value is -3.86. The van der Waals surface area contributed by atoms with Gasteiger partial charge < -0.3 is 24.2 Å². The van der Waals surface area contributed by atoms with E-state index in [2.05, 4.69) is 124 Å². The molecule has 0 aliphatic carbocycles. The molecule has 0 bridgehead atoms. The number of aliphatic hydroxyl groups excluding tert-OH is 1. The molecule has 11 nitrogen and oxygen atoms in total. The van der Waals surface area contributed by atoms with Crippen molar-refractivity contribution in [3.63, 3.8) is 0 Å². The predicted octanol–water partition coefficient (Wildman–Crippen LogP) is 18.6. The Bertz CT molecular complexity index is 1720. The summed E-state index contributed by atoms with van der Waals surface area (Å²) in [6, 6.07) is 0. The summed E-state index contributed by atoms with van der Waals surface area (Å²) < 4.78 is 39.5. The molecule has 0 heterocycles. The molecule has 2 N–H and O–H groups in total. The highest BCUT2D eigenvalue weighted by atomic mass is 31.2. The van der Waals surface area contributed by atoms with Crippen LogP contribution in [0.2, 0.25) is 0 Å². The SMILES string of the molecule is CC/C=C\C/C=C\C/C=C\C/C=C\C/C=C\CCCC(=O)OCC(COP(=O)(O)OCC(CO)OC(=O)CCCCCCC/C=C\CCCCCCCC)OC(=O)CCCCCCCC/C=C\C/C=C\C/C=C\CCCCC. The van der Waals surface area contributed by atoms with E-state index >= 15 is 0 Å². The van der Waals surface area contributed by atoms with Crippen LogP contribution in [0.5, 0.6) is 0 Å². The summed E-state index contributed by atoms with van der Waals surface area (Å²) in [5.74, 6) is -1.56. The first-order valence-electron chi connectivity index (χ1n) is 30.8. The average Bonchev–Trinajstić information content (AvgIpc) is 3.43. The van der Waals surface area contributed by atoms with Crippen LogP contribution in [0.1, 0.15) is 252 Å². The summed E-state index contributed by atoms with van der Waals surface area (Å²) in [5, 5.41) is 9.83. The lowest BCUT2D eigenvalue weighted by atomic mass is 10.1. The summed E-state index contributed by atoms with van der Waals surface area (Å²) in [6.45, 7) is 4.42. The van der Waals surface area contributed by atoms with Crippen molar-refractivity contribution in [2.24, 2.45) is 0 Å². The normalized spacial score (nSPS) is 14.1. The minimum Gasteiger partial charge on any atom is -0.462 e. The van der Waals surface area contributed by atoms with Crippen LogP contribution in [0.15, 0.2) is 109 Å². The van der Waals surface area contributed by atoms with Gasteiger partial charge in [0, 0.05) is 19.3 Å². The minimum absolute atomic E-state index is 0.135. The maximum absolute atomic E-state index is 12.9. The van der Waals surface area contributed by atoms with Gasteiger partial charge in [0.2, 0.25) is 0 Å². The number of ether oxygens (including phenoxy) is 3. The van der Waals surface area contributed by atoms with Crippen molar-refractivity contribution >= 4 is 25.7 Å². The van der Waals surface area contributed by atoms with Gasteiger partial charge in [0.05, 0.1) is 19.8 Å². The highest BCUT2D eigenvalue weighted by Crippen LogP contribution is 2.43. The zero-order valence-corrected chi connectivity index (χ0v) is 50.2. The second kappa shape index (κ2) is 59.3. The molecule has 0 rings (SSSR count). The molecule has 0 aliphatic rings. The lowest BCUT2D eigenvalue weighted by Gasteiger charge is -2.21. The van der Waals surface area contributed by atoms with Gasteiger partial charge >= 0.3 is 25.7 Å². The number of phosphoric ester groups is 1. The summed E-state index contributed by atoms with van der Waals surface area (Å²) >= 11 is 0. The molecule has 3 atom stereocenters. The first-order chi connectivity index (χ1) is 38.2. The maximum atomic E-state index is 12.9. The topological polar surface area (TPSA) is 155 Å². The molecule has 12 heteroatoms. The monoisotopic (exact) mass is 1110 g/mol. The van der Waals surface area contributed by atoms with Crippen molar-refractivity contribution in [2.75, 3.05) is 26.4 Å². The van der Waals surface area contributed by atoms with E-state index in [1.54, 1.807) is 0 Å². The number of unbranched alkanes of at least 4 members (excludes halogenated alkanes) is 21. The molecule has 0 spiro atoms. The van der Waals surface area contributed by atoms with Gasteiger partial charge in [-0.05, 0) is 122 Å². The van der Waals surface area contributed by atoms with E-state index in [1.807, 2.05) is 6.08 Å². The number of rotatable bonds is 56. The minimum atomic E-state index is -4.78. The second-order valence-electron chi connectivity index (χ2n) is 20.1. The second-order valence-corrected chi connectivity index (χ2v) is 21.6. The smallest absolute Gasteiger partial charge is 0.462 e. The van der Waals surface area contributed by atoms with Gasteiger partial charge in [0.15, 0.2) is 6.10 Å². The van der Waals surface area contributed by atoms with E-state index in [4.69, 9.17) is 23.3 Å². The Kier molecular flexibility index (Phi) is 56.3. The standard InChI is InChI=1S/C66H111O11P/c1-4-7-10-13-16-19-22-25-28-30-31-33-36-39-42-45-48-51-54-57-66(70)77-63(59-73-64(68)55-52-49-46-43-40-37-35-32-29-26-23-20-17-14-11-8-5-2)61-75-78(71,72)74-60-62(58-67)76-65(69)56-53-50-47-44-41-38-34-27-24-21-18-15-12-9-6-3/h8,11,16-17,19-20,25-29,31,33-35,37,43,46,62-63,67H,4-7,9-10,12-15,18,21-24,30,32,36,38-42,44-45,47-61H2,1-3H3,(H,71,72)/b11-8-,19-16-,20-17-,28-25-,29-26-,33-31-,34-27-,37-35-,46-43-. The lowest BCUT2D eigenvalue weighted by molar-refractivity contribution is -0.161. The number of hydrogen-bond acceptors (Lipinski definition) is 10. The fraction of sp³-hybridized carbons (Fsp3) is 0.682. The number of hydrogen-bond donors (Lipinski definition) is 2. The van der Waals surface area contributed by atoms with Gasteiger partial charge in [-0.25, -0.2) is 4.57 Å². The quantitative estimate of drug-likeness (QED) is 0.0197. The van der Waals surface area contributed by atoms with E-state index < -0.39 is 57.8 Å². The number of carbonyl (C=O) groups excluding carboxylic acids is 3. The molecule has 0 amide bonds. The van der Waals surface area contributed by atoms with Crippen molar-refractivity contribution in [1.29, 1.82) is 0 Å². The van der Waals surface area contributed by atoms with Crippen molar-refractivity contribution in [3.05, 3.63) is 109 Å². The Labute approximate surface area is 475 Å². The fourth-order valence-electron chi connectivity index (χ4n) is 7.98. The van der Waals surface area contributed by atoms with Crippen LogP contribution in [-0.4, -0.2) is 66.5 Å². The third-order valence-corrected chi connectivity index (χ3v) is 13.6. The Balaban J connectivity index is 4.83. The third-order valence-electron chi connectivity index (χ3n) is 12.6. The molecule has 446 valence electrons. The predicted molar refractivity (Wildman–Crippen MR) is 325 cm³/mol. The van der Waals surface area contributed by atoms with Gasteiger partial charge in [-0.3, -0.25) is 23.4 Å². The van der Waals surface area contributed by atoms with Crippen molar-refractivity contribution in [2.45, 2.75) is 264 Å². The largest absolute Gasteiger partial charge is 0.472 e. The molecule has 78 heavy (non-hydrogen) atoms. The Morgan fingerprint density at radius 3 is 1.10 bits per heavy atom. The van der Waals surface area contributed by atoms with Crippen LogP contribution < -0.4 is 0 Å². The summed E-state index contributed by atoms with van der Waals surface area (Å²) in [5.41, 5.74) is 0. The Morgan fingerprint density at radius 1 is 0.372 bits per heavy atom. The summed E-state index contributed by atoms with van der Waals surface area (Å²) in [4.78, 5) is 48.7. The molecule has 0 aromatic rings. The molecule has 0 aliphatic heterocycles. The summed E-state index contributed by atoms with van der Waals surface area (Å²) in [6.07, 6.45) is 71.9. The summed E-state index contributed by atoms with van der Waals surface area (Å²) in [7, 11) is -4.78. The van der Waals surface area contributed by atoms with E-state index in [9.17, 15) is 28.9 Å². The molecule has 0 saturated heterocycles. The van der Waals surface area contributed by atoms with Crippen LogP contribution in [0.3, 0.4) is 0 Å². The number of carbonyl (C=O) groups is 3. The molecule has 0 radical (unpaired) electrons. The zero-order valence-electron chi connectivity index (χ0n) is 49.3. The maximum Gasteiger partial charge on any atom is 0.472 e. The van der Waals surface area contributed by atoms with Crippen LogP contribution in [0.4, 0.5) is 0 Å². The first kappa shape index (κ1) is 74.1. The molecular formula is C66H111O11P. The van der Waals surface area contributed by atoms with Crippen molar-refractivity contribution in [3.8, 4) is 0 Å². The highest BCUT2D eigenvalue weighted by Gasteiger charge is 2.28.